The van der Waals surface area contributed by atoms with E-state index in [0.29, 0.717) is 13.0 Å². The molecule has 0 bridgehead atoms. The van der Waals surface area contributed by atoms with Gasteiger partial charge in [0.05, 0.1) is 6.04 Å². The number of imide groups is 1. The summed E-state index contributed by atoms with van der Waals surface area (Å²) in [7, 11) is 0. The molecule has 0 aromatic heterocycles. The summed E-state index contributed by atoms with van der Waals surface area (Å²) >= 11 is 0. The summed E-state index contributed by atoms with van der Waals surface area (Å²) in [5, 5.41) is 5.54. The third-order valence-corrected chi connectivity index (χ3v) is 4.28. The number of nitrogens with one attached hydrogen (secondary N) is 2. The molecule has 1 saturated heterocycles. The van der Waals surface area contributed by atoms with Gasteiger partial charge in [-0.1, -0.05) is 60.7 Å². The summed E-state index contributed by atoms with van der Waals surface area (Å²) in [5.41, 5.74) is 2.06. The first-order valence-electron chi connectivity index (χ1n) is 8.60. The molecule has 1 aliphatic rings. The standard InChI is InChI=1S/C20H21N3O3/c24-18(14-23-19(25)11-12-21-20(23)26)22-17(16-9-5-2-6-10-16)13-15-7-3-1-4-8-15/h1-10,17H,11-14H2,(H,21,26)(H,22,24)/t17-/m1/s1. The van der Waals surface area contributed by atoms with Gasteiger partial charge in [0, 0.05) is 13.0 Å². The fourth-order valence-corrected chi connectivity index (χ4v) is 2.95. The van der Waals surface area contributed by atoms with E-state index < -0.39 is 6.03 Å². The molecule has 6 nitrogen and oxygen atoms in total. The van der Waals surface area contributed by atoms with Crippen molar-refractivity contribution in [1.29, 1.82) is 0 Å². The number of hydrogen-bond acceptors (Lipinski definition) is 3. The van der Waals surface area contributed by atoms with Crippen molar-refractivity contribution in [1.82, 2.24) is 15.5 Å². The number of nitrogens with zero attached hydrogens (tertiary/aromatic N) is 1. The van der Waals surface area contributed by atoms with Crippen LogP contribution < -0.4 is 10.6 Å². The lowest BCUT2D eigenvalue weighted by Crippen LogP contribution is -2.53. The number of benzene rings is 2. The fraction of sp³-hybridized carbons (Fsp3) is 0.250. The number of rotatable bonds is 6. The minimum atomic E-state index is -0.518. The molecule has 0 aliphatic carbocycles. The highest BCUT2D eigenvalue weighted by atomic mass is 16.2. The highest BCUT2D eigenvalue weighted by Crippen LogP contribution is 2.18. The Bertz CT molecular complexity index is 761. The Labute approximate surface area is 152 Å². The van der Waals surface area contributed by atoms with E-state index in [0.717, 1.165) is 16.0 Å². The van der Waals surface area contributed by atoms with Gasteiger partial charge < -0.3 is 10.6 Å². The maximum absolute atomic E-state index is 12.5. The van der Waals surface area contributed by atoms with Crippen molar-refractivity contribution >= 4 is 17.8 Å². The van der Waals surface area contributed by atoms with Gasteiger partial charge in [-0.25, -0.2) is 4.79 Å². The molecule has 26 heavy (non-hydrogen) atoms. The van der Waals surface area contributed by atoms with E-state index in [9.17, 15) is 14.4 Å². The second-order valence-electron chi connectivity index (χ2n) is 6.18. The van der Waals surface area contributed by atoms with E-state index in [-0.39, 0.29) is 30.8 Å². The molecule has 1 heterocycles. The summed E-state index contributed by atoms with van der Waals surface area (Å²) in [6.45, 7) is 0.0409. The van der Waals surface area contributed by atoms with Crippen LogP contribution in [0.4, 0.5) is 4.79 Å². The van der Waals surface area contributed by atoms with Crippen molar-refractivity contribution in [3.8, 4) is 0 Å². The summed E-state index contributed by atoms with van der Waals surface area (Å²) in [6.07, 6.45) is 0.835. The largest absolute Gasteiger partial charge is 0.347 e. The SMILES string of the molecule is O=C(CN1C(=O)CCNC1=O)N[C@H](Cc1ccccc1)c1ccccc1. The van der Waals surface area contributed by atoms with Crippen LogP contribution in [-0.2, 0) is 16.0 Å². The lowest BCUT2D eigenvalue weighted by Gasteiger charge is -2.26. The van der Waals surface area contributed by atoms with Crippen LogP contribution in [0.1, 0.15) is 23.6 Å². The predicted molar refractivity (Wildman–Crippen MR) is 97.2 cm³/mol. The topological polar surface area (TPSA) is 78.5 Å². The number of hydrogen-bond donors (Lipinski definition) is 2. The average molecular weight is 351 g/mol. The van der Waals surface area contributed by atoms with Gasteiger partial charge in [-0.15, -0.1) is 0 Å². The molecule has 1 aliphatic heterocycles. The first kappa shape index (κ1) is 17.7. The Kier molecular flexibility index (Phi) is 5.63. The van der Waals surface area contributed by atoms with Crippen LogP contribution in [-0.4, -0.2) is 35.8 Å². The molecule has 1 atom stereocenters. The monoisotopic (exact) mass is 351 g/mol. The molecule has 0 radical (unpaired) electrons. The van der Waals surface area contributed by atoms with Crippen molar-refractivity contribution in [3.63, 3.8) is 0 Å². The van der Waals surface area contributed by atoms with Crippen LogP contribution in [0, 0.1) is 0 Å². The van der Waals surface area contributed by atoms with E-state index in [4.69, 9.17) is 0 Å². The Balaban J connectivity index is 1.71. The Hall–Kier alpha value is -3.15. The molecule has 2 N–H and O–H groups in total. The average Bonchev–Trinajstić information content (AvgIpc) is 2.66. The van der Waals surface area contributed by atoms with Crippen LogP contribution in [0.3, 0.4) is 0 Å². The molecule has 0 unspecified atom stereocenters. The van der Waals surface area contributed by atoms with Crippen LogP contribution in [0.25, 0.3) is 0 Å². The lowest BCUT2D eigenvalue weighted by atomic mass is 9.99. The van der Waals surface area contributed by atoms with E-state index in [2.05, 4.69) is 10.6 Å². The zero-order valence-corrected chi connectivity index (χ0v) is 14.4. The molecular weight excluding hydrogens is 330 g/mol. The second-order valence-corrected chi connectivity index (χ2v) is 6.18. The van der Waals surface area contributed by atoms with Gasteiger partial charge in [0.2, 0.25) is 11.8 Å². The molecule has 4 amide bonds. The molecule has 0 saturated carbocycles. The Morgan fingerprint density at radius 3 is 2.35 bits per heavy atom. The highest BCUT2D eigenvalue weighted by molar-refractivity contribution is 6.00. The minimum absolute atomic E-state index is 0.213. The third-order valence-electron chi connectivity index (χ3n) is 4.28. The summed E-state index contributed by atoms with van der Waals surface area (Å²) in [6, 6.07) is 18.8. The van der Waals surface area contributed by atoms with Crippen molar-refractivity contribution < 1.29 is 14.4 Å². The summed E-state index contributed by atoms with van der Waals surface area (Å²) < 4.78 is 0. The molecule has 2 aromatic rings. The molecular formula is C20H21N3O3. The van der Waals surface area contributed by atoms with Crippen LogP contribution in [0.15, 0.2) is 60.7 Å². The van der Waals surface area contributed by atoms with Crippen LogP contribution in [0.5, 0.6) is 0 Å². The predicted octanol–water partition coefficient (Wildman–Crippen LogP) is 2.03. The van der Waals surface area contributed by atoms with Crippen molar-refractivity contribution in [2.24, 2.45) is 0 Å². The zero-order valence-electron chi connectivity index (χ0n) is 14.4. The van der Waals surface area contributed by atoms with Gasteiger partial charge in [0.25, 0.3) is 0 Å². The first-order valence-corrected chi connectivity index (χ1v) is 8.60. The number of carbonyl (C=O) groups excluding carboxylic acids is 3. The Morgan fingerprint density at radius 1 is 1.04 bits per heavy atom. The minimum Gasteiger partial charge on any atom is -0.347 e. The number of amides is 4. The normalized spacial score (nSPS) is 15.3. The van der Waals surface area contributed by atoms with Gasteiger partial charge in [-0.05, 0) is 17.5 Å². The maximum Gasteiger partial charge on any atom is 0.324 e. The molecule has 1 fully saturated rings. The molecule has 3 rings (SSSR count). The summed E-state index contributed by atoms with van der Waals surface area (Å²) in [5.74, 6) is -0.691. The van der Waals surface area contributed by atoms with Gasteiger partial charge >= 0.3 is 6.03 Å². The maximum atomic E-state index is 12.5. The molecule has 134 valence electrons. The van der Waals surface area contributed by atoms with E-state index in [1.165, 1.54) is 0 Å². The third kappa shape index (κ3) is 4.47. The highest BCUT2D eigenvalue weighted by Gasteiger charge is 2.28. The van der Waals surface area contributed by atoms with E-state index >= 15 is 0 Å². The first-order chi connectivity index (χ1) is 12.6. The van der Waals surface area contributed by atoms with E-state index in [1.807, 2.05) is 60.7 Å². The molecule has 2 aromatic carbocycles. The fourth-order valence-electron chi connectivity index (χ4n) is 2.95. The van der Waals surface area contributed by atoms with Gasteiger partial charge in [0.15, 0.2) is 0 Å². The van der Waals surface area contributed by atoms with Crippen molar-refractivity contribution in [2.45, 2.75) is 18.9 Å². The van der Waals surface area contributed by atoms with E-state index in [1.54, 1.807) is 0 Å². The lowest BCUT2D eigenvalue weighted by molar-refractivity contribution is -0.134. The quantitative estimate of drug-likeness (QED) is 0.836. The van der Waals surface area contributed by atoms with Gasteiger partial charge in [0.1, 0.15) is 6.54 Å². The molecule has 0 spiro atoms. The zero-order chi connectivity index (χ0) is 18.4. The van der Waals surface area contributed by atoms with Crippen molar-refractivity contribution in [2.75, 3.05) is 13.1 Å². The van der Waals surface area contributed by atoms with Crippen LogP contribution >= 0.6 is 0 Å². The van der Waals surface area contributed by atoms with Crippen LogP contribution in [0.2, 0.25) is 0 Å². The second kappa shape index (κ2) is 8.29. The van der Waals surface area contributed by atoms with Gasteiger partial charge in [-0.2, -0.15) is 0 Å². The smallest absolute Gasteiger partial charge is 0.324 e. The molecule has 6 heteroatoms. The van der Waals surface area contributed by atoms with Crippen molar-refractivity contribution in [3.05, 3.63) is 71.8 Å². The Morgan fingerprint density at radius 2 is 1.69 bits per heavy atom. The number of carbonyl (C=O) groups is 3. The summed E-state index contributed by atoms with van der Waals surface area (Å²) in [4.78, 5) is 37.1. The number of urea groups is 1. The van der Waals surface area contributed by atoms with Gasteiger partial charge in [-0.3, -0.25) is 14.5 Å².